The Bertz CT molecular complexity index is 2220. The van der Waals surface area contributed by atoms with E-state index in [1.165, 1.54) is 30.3 Å². The van der Waals surface area contributed by atoms with E-state index in [9.17, 15) is 36.3 Å². The second kappa shape index (κ2) is 16.7. The lowest BCUT2D eigenvalue weighted by atomic mass is 9.85. The van der Waals surface area contributed by atoms with E-state index in [-0.39, 0.29) is 51.9 Å². The standard InChI is InChI=1S/C40H45F3N6O8S/c1-27(2)26-58(53,54)34-6-4-3-5-33(34)56-32-12-9-29(23-31(32)40(41,42)43)36-44-35(57-45-36)25-48-37(51)39(49(38(48)52)18-17-46-19-21-55-22-20-46)13-15-47(16-14-39)24-28-7-10-30(50)11-8-28/h3-12,23,27,50H,13-22,24-26H2,1-2H3. The van der Waals surface area contributed by atoms with Crippen molar-refractivity contribution in [3.05, 3.63) is 83.7 Å². The minimum absolute atomic E-state index is 0.0842. The average molecular weight is 827 g/mol. The molecular formula is C40H45F3N6O8S. The van der Waals surface area contributed by atoms with Gasteiger partial charge in [-0.25, -0.2) is 13.2 Å². The first kappa shape index (κ1) is 41.1. The van der Waals surface area contributed by atoms with E-state index >= 15 is 0 Å². The Labute approximate surface area is 334 Å². The van der Waals surface area contributed by atoms with Crippen molar-refractivity contribution in [2.75, 3.05) is 58.2 Å². The number of aromatic hydroxyl groups is 1. The molecule has 3 aliphatic rings. The van der Waals surface area contributed by atoms with Crippen LogP contribution in [-0.4, -0.2) is 119 Å². The molecule has 3 amide bonds. The van der Waals surface area contributed by atoms with Gasteiger partial charge in [-0.15, -0.1) is 0 Å². The Morgan fingerprint density at radius 1 is 0.897 bits per heavy atom. The van der Waals surface area contributed by atoms with Crippen LogP contribution in [0.3, 0.4) is 0 Å². The summed E-state index contributed by atoms with van der Waals surface area (Å²) in [5.41, 5.74) is -1.39. The van der Waals surface area contributed by atoms with Crippen molar-refractivity contribution in [1.82, 2.24) is 29.7 Å². The molecule has 4 heterocycles. The molecule has 0 atom stereocenters. The van der Waals surface area contributed by atoms with Gasteiger partial charge in [-0.2, -0.15) is 18.2 Å². The highest BCUT2D eigenvalue weighted by Gasteiger charge is 2.58. The molecule has 0 radical (unpaired) electrons. The number of para-hydroxylation sites is 1. The number of carbonyl (C=O) groups is 2. The first-order valence-corrected chi connectivity index (χ1v) is 20.8. The van der Waals surface area contributed by atoms with Gasteiger partial charge in [0.1, 0.15) is 34.2 Å². The minimum atomic E-state index is -4.92. The lowest BCUT2D eigenvalue weighted by Crippen LogP contribution is -2.57. The number of hydrogen-bond acceptors (Lipinski definition) is 12. The van der Waals surface area contributed by atoms with Crippen LogP contribution in [-0.2, 0) is 38.6 Å². The highest BCUT2D eigenvalue weighted by molar-refractivity contribution is 7.91. The number of alkyl halides is 3. The summed E-state index contributed by atoms with van der Waals surface area (Å²) in [5.74, 6) is -1.92. The first-order valence-electron chi connectivity index (χ1n) is 19.1. The van der Waals surface area contributed by atoms with E-state index in [0.717, 1.165) is 22.6 Å². The summed E-state index contributed by atoms with van der Waals surface area (Å²) >= 11 is 0. The van der Waals surface area contributed by atoms with E-state index in [2.05, 4.69) is 19.9 Å². The molecule has 0 saturated carbocycles. The number of sulfone groups is 1. The molecule has 3 aliphatic heterocycles. The number of aromatic nitrogens is 2. The number of morpholine rings is 1. The summed E-state index contributed by atoms with van der Waals surface area (Å²) < 4.78 is 86.1. The van der Waals surface area contributed by atoms with Crippen LogP contribution in [0, 0.1) is 5.92 Å². The predicted molar refractivity (Wildman–Crippen MR) is 203 cm³/mol. The molecular weight excluding hydrogens is 782 g/mol. The molecule has 310 valence electrons. The number of piperidine rings is 1. The maximum absolute atomic E-state index is 14.5. The molecule has 1 N–H and O–H groups in total. The second-order valence-electron chi connectivity index (χ2n) is 15.2. The van der Waals surface area contributed by atoms with Crippen molar-refractivity contribution in [2.24, 2.45) is 5.92 Å². The van der Waals surface area contributed by atoms with Crippen LogP contribution in [0.4, 0.5) is 18.0 Å². The third-order valence-corrected chi connectivity index (χ3v) is 12.8. The smallest absolute Gasteiger partial charge is 0.420 e. The van der Waals surface area contributed by atoms with E-state index in [4.69, 9.17) is 14.0 Å². The second-order valence-corrected chi connectivity index (χ2v) is 17.2. The molecule has 0 unspecified atom stereocenters. The summed E-state index contributed by atoms with van der Waals surface area (Å²) in [4.78, 5) is 39.6. The van der Waals surface area contributed by atoms with Crippen molar-refractivity contribution < 1.29 is 50.3 Å². The molecule has 1 aromatic heterocycles. The van der Waals surface area contributed by atoms with Gasteiger partial charge in [0.05, 0.1) is 24.5 Å². The van der Waals surface area contributed by atoms with Crippen molar-refractivity contribution in [2.45, 2.75) is 56.4 Å². The number of ether oxygens (including phenoxy) is 2. The number of imide groups is 1. The van der Waals surface area contributed by atoms with Crippen LogP contribution >= 0.6 is 0 Å². The third-order valence-electron chi connectivity index (χ3n) is 10.7. The number of phenols is 1. The van der Waals surface area contributed by atoms with Gasteiger partial charge in [0, 0.05) is 51.4 Å². The Balaban J connectivity index is 1.10. The topological polar surface area (TPSA) is 159 Å². The van der Waals surface area contributed by atoms with Crippen LogP contribution in [0.25, 0.3) is 11.4 Å². The maximum atomic E-state index is 14.5. The van der Waals surface area contributed by atoms with Crippen molar-refractivity contribution in [3.8, 4) is 28.6 Å². The minimum Gasteiger partial charge on any atom is -0.508 e. The number of likely N-dealkylation sites (tertiary alicyclic amines) is 1. The molecule has 7 rings (SSSR count). The number of benzene rings is 3. The SMILES string of the molecule is CC(C)CS(=O)(=O)c1ccccc1Oc1ccc(-c2noc(CN3C(=O)N(CCN4CCOCC4)C4(CCN(Cc5ccc(O)cc5)CC4)C3=O)n2)cc1C(F)(F)F. The zero-order chi connectivity index (χ0) is 41.2. The van der Waals surface area contributed by atoms with Gasteiger partial charge in [-0.05, 0) is 66.8 Å². The normalized spacial score (nSPS) is 18.2. The molecule has 1 spiro atoms. The summed E-state index contributed by atoms with van der Waals surface area (Å²) in [7, 11) is -3.87. The van der Waals surface area contributed by atoms with Crippen LogP contribution in [0.2, 0.25) is 0 Å². The highest BCUT2D eigenvalue weighted by atomic mass is 32.2. The van der Waals surface area contributed by atoms with Crippen molar-refractivity contribution >= 4 is 21.8 Å². The average Bonchev–Trinajstić information content (AvgIpc) is 3.73. The zero-order valence-electron chi connectivity index (χ0n) is 32.2. The summed E-state index contributed by atoms with van der Waals surface area (Å²) in [5, 5.41) is 13.6. The van der Waals surface area contributed by atoms with E-state index in [1.54, 1.807) is 30.9 Å². The van der Waals surface area contributed by atoms with Crippen molar-refractivity contribution in [1.29, 1.82) is 0 Å². The van der Waals surface area contributed by atoms with Crippen LogP contribution in [0.15, 0.2) is 76.1 Å². The number of carbonyl (C=O) groups excluding carboxylic acids is 2. The monoisotopic (exact) mass is 826 g/mol. The molecule has 3 saturated heterocycles. The number of urea groups is 1. The molecule has 14 nitrogen and oxygen atoms in total. The van der Waals surface area contributed by atoms with Gasteiger partial charge in [-0.1, -0.05) is 43.3 Å². The number of hydrogen-bond donors (Lipinski definition) is 1. The number of rotatable bonds is 13. The van der Waals surface area contributed by atoms with Crippen LogP contribution in [0.5, 0.6) is 17.2 Å². The molecule has 0 aliphatic carbocycles. The summed E-state index contributed by atoms with van der Waals surface area (Å²) in [6.45, 7) is 8.14. The molecule has 18 heteroatoms. The van der Waals surface area contributed by atoms with E-state index in [1.807, 2.05) is 12.1 Å². The first-order chi connectivity index (χ1) is 27.6. The van der Waals surface area contributed by atoms with E-state index in [0.29, 0.717) is 71.9 Å². The van der Waals surface area contributed by atoms with Gasteiger partial charge in [0.15, 0.2) is 9.84 Å². The Morgan fingerprint density at radius 2 is 1.60 bits per heavy atom. The summed E-state index contributed by atoms with van der Waals surface area (Å²) in [6, 6.07) is 15.1. The molecule has 0 bridgehead atoms. The fourth-order valence-corrected chi connectivity index (χ4v) is 9.47. The molecule has 58 heavy (non-hydrogen) atoms. The predicted octanol–water partition coefficient (Wildman–Crippen LogP) is 5.81. The number of amides is 3. The van der Waals surface area contributed by atoms with Crippen LogP contribution in [0.1, 0.15) is 43.7 Å². The molecule has 3 fully saturated rings. The fourth-order valence-electron chi connectivity index (χ4n) is 7.71. The van der Waals surface area contributed by atoms with Gasteiger partial charge < -0.3 is 24.0 Å². The van der Waals surface area contributed by atoms with Gasteiger partial charge in [0.2, 0.25) is 11.7 Å². The quantitative estimate of drug-likeness (QED) is 0.162. The fraction of sp³-hybridized carbons (Fsp3) is 0.450. The van der Waals surface area contributed by atoms with Gasteiger partial charge >= 0.3 is 12.2 Å². The maximum Gasteiger partial charge on any atom is 0.420 e. The van der Waals surface area contributed by atoms with Crippen molar-refractivity contribution in [3.63, 3.8) is 0 Å². The number of halogens is 3. The van der Waals surface area contributed by atoms with Crippen LogP contribution < -0.4 is 4.74 Å². The van der Waals surface area contributed by atoms with E-state index < -0.39 is 44.8 Å². The lowest BCUT2D eigenvalue weighted by Gasteiger charge is -2.43. The molecule has 4 aromatic rings. The number of nitrogens with zero attached hydrogens (tertiary/aromatic N) is 6. The Kier molecular flexibility index (Phi) is 11.8. The van der Waals surface area contributed by atoms with Gasteiger partial charge in [-0.3, -0.25) is 19.5 Å². The van der Waals surface area contributed by atoms with Gasteiger partial charge in [0.25, 0.3) is 5.91 Å². The number of phenolic OH excluding ortho intramolecular Hbond substituents is 1. The lowest BCUT2D eigenvalue weighted by molar-refractivity contribution is -0.138. The zero-order valence-corrected chi connectivity index (χ0v) is 33.0. The Hall–Kier alpha value is -5.04. The Morgan fingerprint density at radius 3 is 2.29 bits per heavy atom. The summed E-state index contributed by atoms with van der Waals surface area (Å²) in [6.07, 6.45) is -4.16. The molecule has 3 aromatic carbocycles. The highest BCUT2D eigenvalue weighted by Crippen LogP contribution is 2.42. The third kappa shape index (κ3) is 8.84. The largest absolute Gasteiger partial charge is 0.508 e.